The van der Waals surface area contributed by atoms with Gasteiger partial charge in [0.15, 0.2) is 5.76 Å². The van der Waals surface area contributed by atoms with E-state index in [0.717, 1.165) is 5.56 Å². The van der Waals surface area contributed by atoms with Gasteiger partial charge in [-0.1, -0.05) is 6.07 Å². The molecule has 0 aromatic carbocycles. The molecule has 27 heavy (non-hydrogen) atoms. The smallest absolute Gasteiger partial charge is 0.287 e. The van der Waals surface area contributed by atoms with Crippen LogP contribution in [0, 0.1) is 6.92 Å². The molecule has 0 aliphatic carbocycles. The van der Waals surface area contributed by atoms with Crippen LogP contribution >= 0.6 is 11.3 Å². The number of amides is 3. The van der Waals surface area contributed by atoms with Crippen molar-refractivity contribution in [3.05, 3.63) is 46.0 Å². The molecule has 1 fully saturated rings. The highest BCUT2D eigenvalue weighted by molar-refractivity contribution is 7.12. The van der Waals surface area contributed by atoms with Crippen molar-refractivity contribution >= 4 is 29.1 Å². The van der Waals surface area contributed by atoms with Crippen LogP contribution in [0.5, 0.6) is 0 Å². The van der Waals surface area contributed by atoms with E-state index in [-0.39, 0.29) is 23.8 Å². The second-order valence-electron chi connectivity index (χ2n) is 6.68. The van der Waals surface area contributed by atoms with E-state index in [9.17, 15) is 14.4 Å². The summed E-state index contributed by atoms with van der Waals surface area (Å²) < 4.78 is 5.21. The van der Waals surface area contributed by atoms with Crippen LogP contribution in [0.2, 0.25) is 0 Å². The number of furan rings is 1. The van der Waals surface area contributed by atoms with Crippen LogP contribution in [0.4, 0.5) is 0 Å². The number of nitrogens with zero attached hydrogens (tertiary/aromatic N) is 1. The number of piperidine rings is 1. The maximum absolute atomic E-state index is 12.6. The van der Waals surface area contributed by atoms with Crippen LogP contribution in [-0.4, -0.2) is 47.8 Å². The van der Waals surface area contributed by atoms with E-state index < -0.39 is 6.04 Å². The maximum atomic E-state index is 12.6. The van der Waals surface area contributed by atoms with E-state index in [1.165, 1.54) is 17.6 Å². The van der Waals surface area contributed by atoms with Gasteiger partial charge in [-0.15, -0.1) is 11.3 Å². The van der Waals surface area contributed by atoms with Crippen molar-refractivity contribution in [1.29, 1.82) is 0 Å². The molecule has 2 aromatic rings. The van der Waals surface area contributed by atoms with Crippen molar-refractivity contribution in [3.8, 4) is 0 Å². The summed E-state index contributed by atoms with van der Waals surface area (Å²) in [6, 6.07) is 4.70. The van der Waals surface area contributed by atoms with Crippen molar-refractivity contribution in [2.24, 2.45) is 0 Å². The highest BCUT2D eigenvalue weighted by Gasteiger charge is 2.28. The molecule has 7 nitrogen and oxygen atoms in total. The van der Waals surface area contributed by atoms with Gasteiger partial charge in [-0.25, -0.2) is 0 Å². The average Bonchev–Trinajstić information content (AvgIpc) is 3.33. The molecule has 0 spiro atoms. The van der Waals surface area contributed by atoms with Crippen molar-refractivity contribution in [3.63, 3.8) is 0 Å². The largest absolute Gasteiger partial charge is 0.459 e. The summed E-state index contributed by atoms with van der Waals surface area (Å²) >= 11 is 1.34. The predicted octanol–water partition coefficient (Wildman–Crippen LogP) is 2.19. The van der Waals surface area contributed by atoms with Crippen molar-refractivity contribution in [2.45, 2.75) is 38.8 Å². The minimum absolute atomic E-state index is 0.00191. The molecule has 3 amide bonds. The molecule has 1 aliphatic rings. The summed E-state index contributed by atoms with van der Waals surface area (Å²) in [5.74, 6) is -0.231. The minimum Gasteiger partial charge on any atom is -0.459 e. The van der Waals surface area contributed by atoms with E-state index in [1.54, 1.807) is 30.0 Å². The summed E-state index contributed by atoms with van der Waals surface area (Å²) in [7, 11) is 0. The summed E-state index contributed by atoms with van der Waals surface area (Å²) in [6.07, 6.45) is 2.84. The number of thiophene rings is 1. The molecule has 0 saturated carbocycles. The minimum atomic E-state index is -0.587. The van der Waals surface area contributed by atoms with Gasteiger partial charge in [0.1, 0.15) is 6.04 Å². The fourth-order valence-corrected chi connectivity index (χ4v) is 3.74. The molecule has 3 heterocycles. The SMILES string of the molecule is Cc1ccoc1C(=O)NC1CCN(C(=O)C(C)NC(=O)c2cccs2)CC1. The lowest BCUT2D eigenvalue weighted by atomic mass is 10.0. The first-order valence-electron chi connectivity index (χ1n) is 8.94. The quantitative estimate of drug-likeness (QED) is 0.820. The Morgan fingerprint density at radius 2 is 1.96 bits per heavy atom. The Balaban J connectivity index is 1.46. The Kier molecular flexibility index (Phi) is 5.95. The first-order valence-corrected chi connectivity index (χ1v) is 9.81. The number of carbonyl (C=O) groups excluding carboxylic acids is 3. The maximum Gasteiger partial charge on any atom is 0.287 e. The zero-order valence-corrected chi connectivity index (χ0v) is 16.2. The molecule has 2 aromatic heterocycles. The van der Waals surface area contributed by atoms with Crippen LogP contribution in [0.15, 0.2) is 34.3 Å². The molecular weight excluding hydrogens is 366 g/mol. The van der Waals surface area contributed by atoms with Gasteiger partial charge in [-0.3, -0.25) is 14.4 Å². The fourth-order valence-electron chi connectivity index (χ4n) is 3.11. The van der Waals surface area contributed by atoms with E-state index in [0.29, 0.717) is 36.6 Å². The highest BCUT2D eigenvalue weighted by atomic mass is 32.1. The number of carbonyl (C=O) groups is 3. The lowest BCUT2D eigenvalue weighted by Gasteiger charge is -2.33. The monoisotopic (exact) mass is 389 g/mol. The summed E-state index contributed by atoms with van der Waals surface area (Å²) in [4.78, 5) is 39.2. The second-order valence-corrected chi connectivity index (χ2v) is 7.63. The lowest BCUT2D eigenvalue weighted by molar-refractivity contribution is -0.133. The Morgan fingerprint density at radius 1 is 1.22 bits per heavy atom. The van der Waals surface area contributed by atoms with Gasteiger partial charge in [0.05, 0.1) is 11.1 Å². The number of likely N-dealkylation sites (tertiary alicyclic amines) is 1. The molecule has 2 N–H and O–H groups in total. The van der Waals surface area contributed by atoms with E-state index in [2.05, 4.69) is 10.6 Å². The summed E-state index contributed by atoms with van der Waals surface area (Å²) in [6.45, 7) is 4.60. The van der Waals surface area contributed by atoms with Crippen molar-refractivity contribution < 1.29 is 18.8 Å². The molecular formula is C19H23N3O4S. The molecule has 1 unspecified atom stereocenters. The van der Waals surface area contributed by atoms with Gasteiger partial charge in [0.2, 0.25) is 5.91 Å². The molecule has 1 saturated heterocycles. The molecule has 3 rings (SSSR count). The van der Waals surface area contributed by atoms with Gasteiger partial charge in [-0.05, 0) is 44.2 Å². The normalized spacial score (nSPS) is 16.0. The van der Waals surface area contributed by atoms with Crippen LogP contribution in [-0.2, 0) is 4.79 Å². The molecule has 0 radical (unpaired) electrons. The third kappa shape index (κ3) is 4.57. The van der Waals surface area contributed by atoms with Crippen LogP contribution in [0.1, 0.15) is 45.6 Å². The Bertz CT molecular complexity index is 807. The topological polar surface area (TPSA) is 91.7 Å². The first kappa shape index (κ1) is 19.2. The van der Waals surface area contributed by atoms with Gasteiger partial charge in [-0.2, -0.15) is 0 Å². The van der Waals surface area contributed by atoms with Crippen molar-refractivity contribution in [1.82, 2.24) is 15.5 Å². The zero-order chi connectivity index (χ0) is 19.4. The van der Waals surface area contributed by atoms with Crippen LogP contribution in [0.3, 0.4) is 0 Å². The van der Waals surface area contributed by atoms with Crippen LogP contribution < -0.4 is 10.6 Å². The third-order valence-corrected chi connectivity index (χ3v) is 5.54. The van der Waals surface area contributed by atoms with Crippen LogP contribution in [0.25, 0.3) is 0 Å². The number of rotatable bonds is 5. The number of hydrogen-bond donors (Lipinski definition) is 2. The first-order chi connectivity index (χ1) is 13.0. The molecule has 8 heteroatoms. The van der Waals surface area contributed by atoms with Gasteiger partial charge in [0, 0.05) is 24.7 Å². The summed E-state index contributed by atoms with van der Waals surface area (Å²) in [5, 5.41) is 7.53. The van der Waals surface area contributed by atoms with E-state index in [4.69, 9.17) is 4.42 Å². The summed E-state index contributed by atoms with van der Waals surface area (Å²) in [5.41, 5.74) is 0.801. The number of nitrogens with one attached hydrogen (secondary N) is 2. The van der Waals surface area contributed by atoms with Crippen molar-refractivity contribution in [2.75, 3.05) is 13.1 Å². The second kappa shape index (κ2) is 8.39. The Hall–Kier alpha value is -2.61. The Labute approximate surface area is 161 Å². The third-order valence-electron chi connectivity index (χ3n) is 4.67. The van der Waals surface area contributed by atoms with Gasteiger partial charge < -0.3 is 20.0 Å². The highest BCUT2D eigenvalue weighted by Crippen LogP contribution is 2.15. The molecule has 1 aliphatic heterocycles. The standard InChI is InChI=1S/C19H23N3O4S/c1-12-7-10-26-16(12)18(24)21-14-5-8-22(9-6-14)19(25)13(2)20-17(23)15-4-3-11-27-15/h3-4,7,10-11,13-14H,5-6,8-9H2,1-2H3,(H,20,23)(H,21,24). The predicted molar refractivity (Wildman–Crippen MR) is 102 cm³/mol. The number of hydrogen-bond acceptors (Lipinski definition) is 5. The molecule has 0 bridgehead atoms. The number of aryl methyl sites for hydroxylation is 1. The van der Waals surface area contributed by atoms with Gasteiger partial charge in [0.25, 0.3) is 11.8 Å². The van der Waals surface area contributed by atoms with E-state index in [1.807, 2.05) is 12.3 Å². The van der Waals surface area contributed by atoms with Gasteiger partial charge >= 0.3 is 0 Å². The lowest BCUT2D eigenvalue weighted by Crippen LogP contribution is -2.52. The Morgan fingerprint density at radius 3 is 2.56 bits per heavy atom. The zero-order valence-electron chi connectivity index (χ0n) is 15.4. The average molecular weight is 389 g/mol. The fraction of sp³-hybridized carbons (Fsp3) is 0.421. The molecule has 1 atom stereocenters. The molecule has 144 valence electrons. The van der Waals surface area contributed by atoms with E-state index >= 15 is 0 Å².